The summed E-state index contributed by atoms with van der Waals surface area (Å²) in [5.41, 5.74) is 1.94. The predicted molar refractivity (Wildman–Crippen MR) is 71.8 cm³/mol. The molecular formula is C15H12ClNO. The van der Waals surface area contributed by atoms with Gasteiger partial charge in [0.1, 0.15) is 11.5 Å². The molecule has 0 N–H and O–H groups in total. The van der Waals surface area contributed by atoms with E-state index in [1.807, 2.05) is 48.5 Å². The molecule has 0 atom stereocenters. The number of hydrogen-bond donors (Lipinski definition) is 0. The van der Waals surface area contributed by atoms with Gasteiger partial charge in [0, 0.05) is 5.56 Å². The predicted octanol–water partition coefficient (Wildman–Crippen LogP) is 4.28. The minimum absolute atomic E-state index is 0.415. The molecule has 2 aromatic rings. The number of para-hydroxylation sites is 1. The Morgan fingerprint density at radius 2 is 1.78 bits per heavy atom. The van der Waals surface area contributed by atoms with Crippen LogP contribution >= 0.6 is 11.6 Å². The zero-order valence-electron chi connectivity index (χ0n) is 9.77. The molecule has 0 aliphatic carbocycles. The molecule has 0 unspecified atom stereocenters. The van der Waals surface area contributed by atoms with E-state index in [4.69, 9.17) is 21.6 Å². The van der Waals surface area contributed by atoms with Crippen molar-refractivity contribution in [1.29, 1.82) is 5.26 Å². The van der Waals surface area contributed by atoms with Crippen molar-refractivity contribution >= 4 is 11.6 Å². The zero-order chi connectivity index (χ0) is 12.8. The molecule has 0 saturated carbocycles. The van der Waals surface area contributed by atoms with Gasteiger partial charge < -0.3 is 4.74 Å². The number of rotatable bonds is 4. The van der Waals surface area contributed by atoms with Crippen LogP contribution in [0.15, 0.2) is 48.5 Å². The van der Waals surface area contributed by atoms with Crippen molar-refractivity contribution in [3.63, 3.8) is 0 Å². The molecule has 0 fully saturated rings. The standard InChI is InChI=1S/C15H12ClNO/c16-11-13-3-1-2-4-15(13)18-14-7-5-12(6-8-14)9-10-17/h1-8H,9,11H2. The summed E-state index contributed by atoms with van der Waals surface area (Å²) in [7, 11) is 0. The first kappa shape index (κ1) is 12.5. The van der Waals surface area contributed by atoms with Gasteiger partial charge in [-0.2, -0.15) is 5.26 Å². The molecular weight excluding hydrogens is 246 g/mol. The van der Waals surface area contributed by atoms with Crippen molar-refractivity contribution < 1.29 is 4.74 Å². The Bertz CT molecular complexity index is 557. The Kier molecular flexibility index (Phi) is 4.22. The fourth-order valence-electron chi connectivity index (χ4n) is 1.61. The van der Waals surface area contributed by atoms with Crippen LogP contribution in [0.2, 0.25) is 0 Å². The van der Waals surface area contributed by atoms with Gasteiger partial charge >= 0.3 is 0 Å². The Balaban J connectivity index is 2.16. The maximum atomic E-state index is 8.60. The summed E-state index contributed by atoms with van der Waals surface area (Å²) in [5.74, 6) is 1.93. The van der Waals surface area contributed by atoms with Crippen LogP contribution in [0.1, 0.15) is 11.1 Å². The quantitative estimate of drug-likeness (QED) is 0.766. The van der Waals surface area contributed by atoms with Gasteiger partial charge in [-0.05, 0) is 23.8 Å². The van der Waals surface area contributed by atoms with Crippen molar-refractivity contribution in [3.8, 4) is 17.6 Å². The number of ether oxygens (including phenoxy) is 1. The first-order valence-electron chi connectivity index (χ1n) is 5.61. The number of alkyl halides is 1. The van der Waals surface area contributed by atoms with Crippen LogP contribution < -0.4 is 4.74 Å². The van der Waals surface area contributed by atoms with Crippen LogP contribution in [0.4, 0.5) is 0 Å². The molecule has 0 heterocycles. The zero-order valence-corrected chi connectivity index (χ0v) is 10.5. The molecule has 0 radical (unpaired) electrons. The molecule has 0 spiro atoms. The van der Waals surface area contributed by atoms with E-state index in [-0.39, 0.29) is 0 Å². The van der Waals surface area contributed by atoms with E-state index in [0.29, 0.717) is 12.3 Å². The summed E-state index contributed by atoms with van der Waals surface area (Å²) in [5, 5.41) is 8.60. The molecule has 0 amide bonds. The van der Waals surface area contributed by atoms with E-state index in [1.165, 1.54) is 0 Å². The molecule has 0 aliphatic rings. The van der Waals surface area contributed by atoms with Crippen LogP contribution in [-0.4, -0.2) is 0 Å². The number of nitriles is 1. The highest BCUT2D eigenvalue weighted by Gasteiger charge is 2.03. The number of halogens is 1. The van der Waals surface area contributed by atoms with Crippen LogP contribution in [0.3, 0.4) is 0 Å². The van der Waals surface area contributed by atoms with E-state index in [0.717, 1.165) is 22.6 Å². The van der Waals surface area contributed by atoms with Gasteiger partial charge in [-0.25, -0.2) is 0 Å². The third-order valence-corrected chi connectivity index (χ3v) is 2.84. The van der Waals surface area contributed by atoms with E-state index >= 15 is 0 Å². The highest BCUT2D eigenvalue weighted by Crippen LogP contribution is 2.26. The summed E-state index contributed by atoms with van der Waals surface area (Å²) in [6.45, 7) is 0. The summed E-state index contributed by atoms with van der Waals surface area (Å²) >= 11 is 5.85. The largest absolute Gasteiger partial charge is 0.457 e. The van der Waals surface area contributed by atoms with Gasteiger partial charge in [0.2, 0.25) is 0 Å². The van der Waals surface area contributed by atoms with Crippen molar-refractivity contribution in [2.75, 3.05) is 0 Å². The topological polar surface area (TPSA) is 33.0 Å². The summed E-state index contributed by atoms with van der Waals surface area (Å²) < 4.78 is 5.77. The summed E-state index contributed by atoms with van der Waals surface area (Å²) in [6.07, 6.45) is 0.415. The molecule has 3 heteroatoms. The summed E-state index contributed by atoms with van der Waals surface area (Å²) in [6, 6.07) is 17.3. The number of hydrogen-bond acceptors (Lipinski definition) is 2. The molecule has 2 aromatic carbocycles. The van der Waals surface area contributed by atoms with Crippen LogP contribution in [0, 0.1) is 11.3 Å². The lowest BCUT2D eigenvalue weighted by atomic mass is 10.1. The number of nitrogens with zero attached hydrogens (tertiary/aromatic N) is 1. The first-order chi connectivity index (χ1) is 8.83. The normalized spacial score (nSPS) is 9.78. The third kappa shape index (κ3) is 3.03. The molecule has 0 aliphatic heterocycles. The third-order valence-electron chi connectivity index (χ3n) is 2.55. The van der Waals surface area contributed by atoms with Crippen molar-refractivity contribution in [1.82, 2.24) is 0 Å². The monoisotopic (exact) mass is 257 g/mol. The Labute approximate surface area is 111 Å². The minimum Gasteiger partial charge on any atom is -0.457 e. The fraction of sp³-hybridized carbons (Fsp3) is 0.133. The summed E-state index contributed by atoms with van der Waals surface area (Å²) in [4.78, 5) is 0. The van der Waals surface area contributed by atoms with E-state index in [9.17, 15) is 0 Å². The van der Waals surface area contributed by atoms with Crippen molar-refractivity contribution in [3.05, 3.63) is 59.7 Å². The molecule has 2 rings (SSSR count). The van der Waals surface area contributed by atoms with Gasteiger partial charge in [0.25, 0.3) is 0 Å². The van der Waals surface area contributed by atoms with E-state index < -0.39 is 0 Å². The molecule has 0 saturated heterocycles. The molecule has 2 nitrogen and oxygen atoms in total. The maximum absolute atomic E-state index is 8.60. The van der Waals surface area contributed by atoms with Crippen LogP contribution in [0.25, 0.3) is 0 Å². The highest BCUT2D eigenvalue weighted by molar-refractivity contribution is 6.17. The Morgan fingerprint density at radius 1 is 1.06 bits per heavy atom. The SMILES string of the molecule is N#CCc1ccc(Oc2ccccc2CCl)cc1. The lowest BCUT2D eigenvalue weighted by molar-refractivity contribution is 0.478. The highest BCUT2D eigenvalue weighted by atomic mass is 35.5. The van der Waals surface area contributed by atoms with Crippen molar-refractivity contribution in [2.24, 2.45) is 0 Å². The van der Waals surface area contributed by atoms with E-state index in [2.05, 4.69) is 6.07 Å². The minimum atomic E-state index is 0.415. The smallest absolute Gasteiger partial charge is 0.131 e. The van der Waals surface area contributed by atoms with E-state index in [1.54, 1.807) is 0 Å². The average molecular weight is 258 g/mol. The Morgan fingerprint density at radius 3 is 2.44 bits per heavy atom. The van der Waals surface area contributed by atoms with Gasteiger partial charge in [-0.3, -0.25) is 0 Å². The lowest BCUT2D eigenvalue weighted by Gasteiger charge is -2.09. The lowest BCUT2D eigenvalue weighted by Crippen LogP contribution is -1.89. The second-order valence-corrected chi connectivity index (χ2v) is 4.09. The van der Waals surface area contributed by atoms with Gasteiger partial charge in [0.05, 0.1) is 18.4 Å². The van der Waals surface area contributed by atoms with Gasteiger partial charge in [-0.1, -0.05) is 30.3 Å². The Hall–Kier alpha value is -1.98. The molecule has 90 valence electrons. The number of benzene rings is 2. The molecule has 0 bridgehead atoms. The van der Waals surface area contributed by atoms with Crippen LogP contribution in [-0.2, 0) is 12.3 Å². The maximum Gasteiger partial charge on any atom is 0.131 e. The fourth-order valence-corrected chi connectivity index (χ4v) is 1.83. The second kappa shape index (κ2) is 6.09. The van der Waals surface area contributed by atoms with Crippen molar-refractivity contribution in [2.45, 2.75) is 12.3 Å². The second-order valence-electron chi connectivity index (χ2n) is 3.82. The van der Waals surface area contributed by atoms with Gasteiger partial charge in [-0.15, -0.1) is 11.6 Å². The molecule has 0 aromatic heterocycles. The average Bonchev–Trinajstić information content (AvgIpc) is 2.42. The first-order valence-corrected chi connectivity index (χ1v) is 6.14. The van der Waals surface area contributed by atoms with Gasteiger partial charge in [0.15, 0.2) is 0 Å². The molecule has 18 heavy (non-hydrogen) atoms. The van der Waals surface area contributed by atoms with Crippen LogP contribution in [0.5, 0.6) is 11.5 Å².